The molecule has 0 fully saturated rings. The van der Waals surface area contributed by atoms with Crippen molar-refractivity contribution in [1.29, 1.82) is 0 Å². The van der Waals surface area contributed by atoms with Crippen LogP contribution in [-0.4, -0.2) is 25.1 Å². The van der Waals surface area contributed by atoms with Crippen LogP contribution in [-0.2, 0) is 9.53 Å². The third-order valence-electron chi connectivity index (χ3n) is 3.42. The summed E-state index contributed by atoms with van der Waals surface area (Å²) in [5.74, 6) is -0.400. The molecule has 2 nitrogen and oxygen atoms in total. The Hall–Kier alpha value is -1.13. The molecule has 0 saturated heterocycles. The van der Waals surface area contributed by atoms with Crippen LogP contribution in [0.25, 0.3) is 0 Å². The van der Waals surface area contributed by atoms with Crippen LogP contribution < -0.4 is 0 Å². The van der Waals surface area contributed by atoms with Gasteiger partial charge < -0.3 is 4.74 Å². The number of cyclic esters (lactones) is 1. The van der Waals surface area contributed by atoms with Crippen molar-refractivity contribution in [2.45, 2.75) is 0 Å². The van der Waals surface area contributed by atoms with Crippen LogP contribution >= 0.6 is 23.5 Å². The van der Waals surface area contributed by atoms with Crippen molar-refractivity contribution in [3.63, 3.8) is 0 Å². The number of allylic oxidation sites excluding steroid dienone is 5. The molecule has 1 unspecified atom stereocenters. The summed E-state index contributed by atoms with van der Waals surface area (Å²) in [4.78, 5) is 14.4. The van der Waals surface area contributed by atoms with Gasteiger partial charge in [0, 0.05) is 9.81 Å². The molecule has 1 aliphatic heterocycles. The van der Waals surface area contributed by atoms with E-state index in [1.54, 1.807) is 23.5 Å². The number of rotatable bonds is 3. The van der Waals surface area contributed by atoms with Crippen LogP contribution in [0.3, 0.4) is 0 Å². The first kappa shape index (κ1) is 12.9. The highest BCUT2D eigenvalue weighted by Crippen LogP contribution is 2.46. The molecule has 0 aromatic rings. The molecule has 98 valence electrons. The number of thioether (sulfide) groups is 2. The zero-order valence-electron chi connectivity index (χ0n) is 10.8. The van der Waals surface area contributed by atoms with E-state index in [1.807, 2.05) is 12.2 Å². The van der Waals surface area contributed by atoms with Crippen LogP contribution in [0.4, 0.5) is 0 Å². The van der Waals surface area contributed by atoms with Gasteiger partial charge in [-0.1, -0.05) is 12.2 Å². The Labute approximate surface area is 121 Å². The van der Waals surface area contributed by atoms with Crippen LogP contribution in [0.2, 0.25) is 0 Å². The van der Waals surface area contributed by atoms with Crippen LogP contribution in [0.15, 0.2) is 56.9 Å². The van der Waals surface area contributed by atoms with E-state index in [4.69, 9.17) is 4.74 Å². The van der Waals surface area contributed by atoms with Gasteiger partial charge >= 0.3 is 5.97 Å². The SMILES string of the molecule is CSC1=CC2=C(C3C=CCOC3=O)C=C(SC)C2=C1. The van der Waals surface area contributed by atoms with Crippen molar-refractivity contribution in [1.82, 2.24) is 0 Å². The van der Waals surface area contributed by atoms with Crippen LogP contribution in [0, 0.1) is 5.92 Å². The quantitative estimate of drug-likeness (QED) is 0.587. The highest BCUT2D eigenvalue weighted by atomic mass is 32.2. The summed E-state index contributed by atoms with van der Waals surface area (Å²) in [5.41, 5.74) is 3.50. The number of hydrogen-bond donors (Lipinski definition) is 0. The Morgan fingerprint density at radius 3 is 2.74 bits per heavy atom. The largest absolute Gasteiger partial charge is 0.461 e. The molecule has 0 bridgehead atoms. The van der Waals surface area contributed by atoms with Gasteiger partial charge in [0.25, 0.3) is 0 Å². The van der Waals surface area contributed by atoms with E-state index in [9.17, 15) is 4.79 Å². The van der Waals surface area contributed by atoms with Crippen molar-refractivity contribution in [2.24, 2.45) is 5.92 Å². The van der Waals surface area contributed by atoms with Gasteiger partial charge in [-0.25, -0.2) is 0 Å². The predicted octanol–water partition coefficient (Wildman–Crippen LogP) is 3.46. The second-order valence-corrected chi connectivity index (χ2v) is 6.15. The molecule has 2 aliphatic carbocycles. The summed E-state index contributed by atoms with van der Waals surface area (Å²) in [5, 5.41) is 0. The van der Waals surface area contributed by atoms with Gasteiger partial charge in [-0.15, -0.1) is 23.5 Å². The molecule has 3 aliphatic rings. The maximum Gasteiger partial charge on any atom is 0.317 e. The van der Waals surface area contributed by atoms with E-state index in [1.165, 1.54) is 21.0 Å². The van der Waals surface area contributed by atoms with Crippen molar-refractivity contribution >= 4 is 29.5 Å². The number of ether oxygens (including phenoxy) is 1. The van der Waals surface area contributed by atoms with Crippen molar-refractivity contribution < 1.29 is 9.53 Å². The number of hydrogen-bond acceptors (Lipinski definition) is 4. The smallest absolute Gasteiger partial charge is 0.317 e. The number of fused-ring (bicyclic) bond motifs is 1. The van der Waals surface area contributed by atoms with Gasteiger partial charge in [-0.2, -0.15) is 0 Å². The predicted molar refractivity (Wildman–Crippen MR) is 81.9 cm³/mol. The average Bonchev–Trinajstić information content (AvgIpc) is 2.97. The van der Waals surface area contributed by atoms with Crippen molar-refractivity contribution in [2.75, 3.05) is 19.1 Å². The van der Waals surface area contributed by atoms with E-state index >= 15 is 0 Å². The first-order valence-corrected chi connectivity index (χ1v) is 8.51. The summed E-state index contributed by atoms with van der Waals surface area (Å²) >= 11 is 3.45. The molecule has 19 heavy (non-hydrogen) atoms. The van der Waals surface area contributed by atoms with Crippen molar-refractivity contribution in [3.05, 3.63) is 56.9 Å². The van der Waals surface area contributed by atoms with Crippen molar-refractivity contribution in [3.8, 4) is 0 Å². The molecule has 4 heteroatoms. The monoisotopic (exact) mass is 290 g/mol. The minimum Gasteiger partial charge on any atom is -0.461 e. The summed E-state index contributed by atoms with van der Waals surface area (Å²) in [6.45, 7) is 0.394. The van der Waals surface area contributed by atoms with Crippen LogP contribution in [0.1, 0.15) is 0 Å². The van der Waals surface area contributed by atoms with Gasteiger partial charge in [-0.3, -0.25) is 4.79 Å². The van der Waals surface area contributed by atoms with E-state index in [0.29, 0.717) is 6.61 Å². The lowest BCUT2D eigenvalue weighted by Gasteiger charge is -2.16. The number of esters is 1. The lowest BCUT2D eigenvalue weighted by Crippen LogP contribution is -2.21. The Bertz CT molecular complexity index is 591. The van der Waals surface area contributed by atoms with Crippen LogP contribution in [0.5, 0.6) is 0 Å². The minimum atomic E-state index is -0.255. The second kappa shape index (κ2) is 5.10. The number of carbonyl (C=O) groups excluding carboxylic acids is 1. The molecular weight excluding hydrogens is 276 g/mol. The fourth-order valence-corrected chi connectivity index (χ4v) is 3.59. The third-order valence-corrected chi connectivity index (χ3v) is 4.91. The molecule has 0 aromatic heterocycles. The molecule has 0 amide bonds. The maximum atomic E-state index is 11.9. The lowest BCUT2D eigenvalue weighted by molar-refractivity contribution is -0.145. The topological polar surface area (TPSA) is 26.3 Å². The molecule has 0 saturated carbocycles. The highest BCUT2D eigenvalue weighted by molar-refractivity contribution is 8.03. The van der Waals surface area contributed by atoms with Gasteiger partial charge in [0.05, 0.1) is 0 Å². The van der Waals surface area contributed by atoms with E-state index < -0.39 is 0 Å². The first-order chi connectivity index (χ1) is 9.24. The Balaban J connectivity index is 2.06. The highest BCUT2D eigenvalue weighted by Gasteiger charge is 2.32. The summed E-state index contributed by atoms with van der Waals surface area (Å²) in [7, 11) is 0. The van der Waals surface area contributed by atoms with Gasteiger partial charge in [-0.05, 0) is 47.5 Å². The zero-order valence-corrected chi connectivity index (χ0v) is 12.4. The Morgan fingerprint density at radius 1 is 1.21 bits per heavy atom. The summed E-state index contributed by atoms with van der Waals surface area (Å²) in [6.07, 6.45) is 14.5. The lowest BCUT2D eigenvalue weighted by atomic mass is 9.94. The van der Waals surface area contributed by atoms with E-state index in [0.717, 1.165) is 5.57 Å². The number of carbonyl (C=O) groups is 1. The normalized spacial score (nSPS) is 25.1. The summed E-state index contributed by atoms with van der Waals surface area (Å²) in [6, 6.07) is 0. The van der Waals surface area contributed by atoms with Gasteiger partial charge in [0.1, 0.15) is 12.5 Å². The standard InChI is InChI=1S/C15H14O2S2/c1-18-9-6-11-12(8-14(19-2)13(11)7-9)10-4-3-5-17-15(10)16/h3-4,6-8,10H,5H2,1-2H3. The van der Waals surface area contributed by atoms with Gasteiger partial charge in [0.15, 0.2) is 0 Å². The third kappa shape index (κ3) is 2.13. The molecule has 0 spiro atoms. The molecule has 0 radical (unpaired) electrons. The second-order valence-electron chi connectivity index (χ2n) is 4.43. The molecule has 1 heterocycles. The fourth-order valence-electron chi connectivity index (χ4n) is 2.49. The molecule has 3 rings (SSSR count). The Morgan fingerprint density at radius 2 is 2.05 bits per heavy atom. The fraction of sp³-hybridized carbons (Fsp3) is 0.267. The van der Waals surface area contributed by atoms with E-state index in [-0.39, 0.29) is 11.9 Å². The molecule has 1 atom stereocenters. The minimum absolute atomic E-state index is 0.144. The first-order valence-electron chi connectivity index (χ1n) is 6.06. The molecule has 0 N–H and O–H groups in total. The summed E-state index contributed by atoms with van der Waals surface area (Å²) < 4.78 is 5.13. The molecular formula is C15H14O2S2. The average molecular weight is 290 g/mol. The maximum absolute atomic E-state index is 11.9. The zero-order chi connectivity index (χ0) is 13.4. The Kier molecular flexibility index (Phi) is 3.46. The van der Waals surface area contributed by atoms with E-state index in [2.05, 4.69) is 30.7 Å². The van der Waals surface area contributed by atoms with Gasteiger partial charge in [0.2, 0.25) is 0 Å². The molecule has 0 aromatic carbocycles.